The fourth-order valence-electron chi connectivity index (χ4n) is 2.31. The molecule has 0 amide bonds. The number of aromatic carboxylic acids is 1. The predicted octanol–water partition coefficient (Wildman–Crippen LogP) is 4.23. The lowest BCUT2D eigenvalue weighted by atomic mass is 9.94. The minimum atomic E-state index is -0.871. The van der Waals surface area contributed by atoms with Crippen molar-refractivity contribution >= 4 is 5.97 Å². The maximum Gasteiger partial charge on any atom is 0.335 e. The number of benzene rings is 2. The molecule has 1 N–H and O–H groups in total. The van der Waals surface area contributed by atoms with Crippen molar-refractivity contribution in [2.45, 2.75) is 27.2 Å². The van der Waals surface area contributed by atoms with Gasteiger partial charge in [-0.25, -0.2) is 4.79 Å². The fraction of sp³-hybridized carbons (Fsp3) is 0.235. The van der Waals surface area contributed by atoms with Gasteiger partial charge in [0, 0.05) is 0 Å². The third kappa shape index (κ3) is 2.68. The van der Waals surface area contributed by atoms with Crippen LogP contribution in [0, 0.1) is 13.8 Å². The average Bonchev–Trinajstić information content (AvgIpc) is 2.38. The first-order valence-electron chi connectivity index (χ1n) is 6.46. The lowest BCUT2D eigenvalue weighted by Crippen LogP contribution is -2.01. The summed E-state index contributed by atoms with van der Waals surface area (Å²) in [5.74, 6) is -0.871. The third-order valence-corrected chi connectivity index (χ3v) is 3.47. The molecule has 0 heterocycles. The Labute approximate surface area is 113 Å². The molecular weight excluding hydrogens is 236 g/mol. The van der Waals surface area contributed by atoms with Crippen molar-refractivity contribution in [2.24, 2.45) is 0 Å². The first-order valence-corrected chi connectivity index (χ1v) is 6.46. The lowest BCUT2D eigenvalue weighted by Gasteiger charge is -2.10. The van der Waals surface area contributed by atoms with Crippen LogP contribution in [0.3, 0.4) is 0 Å². The summed E-state index contributed by atoms with van der Waals surface area (Å²) in [6.07, 6.45) is 1.01. The Kier molecular flexibility index (Phi) is 3.70. The van der Waals surface area contributed by atoms with Gasteiger partial charge < -0.3 is 5.11 Å². The van der Waals surface area contributed by atoms with Gasteiger partial charge in [0.15, 0.2) is 0 Å². The van der Waals surface area contributed by atoms with Crippen molar-refractivity contribution in [2.75, 3.05) is 0 Å². The molecule has 0 unspecified atom stereocenters. The summed E-state index contributed by atoms with van der Waals surface area (Å²) >= 11 is 0. The van der Waals surface area contributed by atoms with Crippen LogP contribution in [0.25, 0.3) is 11.1 Å². The fourth-order valence-corrected chi connectivity index (χ4v) is 2.31. The quantitative estimate of drug-likeness (QED) is 0.889. The van der Waals surface area contributed by atoms with E-state index in [9.17, 15) is 9.90 Å². The van der Waals surface area contributed by atoms with Crippen molar-refractivity contribution in [3.63, 3.8) is 0 Å². The molecule has 0 radical (unpaired) electrons. The van der Waals surface area contributed by atoms with Gasteiger partial charge in [0.2, 0.25) is 0 Å². The third-order valence-electron chi connectivity index (χ3n) is 3.47. The molecule has 0 aliphatic carbocycles. The second-order valence-corrected chi connectivity index (χ2v) is 4.84. The maximum atomic E-state index is 11.2. The molecule has 0 aliphatic heterocycles. The zero-order chi connectivity index (χ0) is 14.0. The van der Waals surface area contributed by atoms with Crippen LogP contribution >= 0.6 is 0 Å². The molecule has 0 aromatic heterocycles. The molecular formula is C17H18O2. The van der Waals surface area contributed by atoms with E-state index in [0.29, 0.717) is 5.56 Å². The summed E-state index contributed by atoms with van der Waals surface area (Å²) in [4.78, 5) is 11.2. The van der Waals surface area contributed by atoms with Crippen molar-refractivity contribution in [1.82, 2.24) is 0 Å². The Balaban J connectivity index is 2.54. The topological polar surface area (TPSA) is 37.3 Å². The predicted molar refractivity (Wildman–Crippen MR) is 77.7 cm³/mol. The molecule has 0 saturated carbocycles. The maximum absolute atomic E-state index is 11.2. The van der Waals surface area contributed by atoms with Gasteiger partial charge in [0.25, 0.3) is 0 Å². The zero-order valence-corrected chi connectivity index (χ0v) is 11.5. The molecule has 0 atom stereocenters. The monoisotopic (exact) mass is 254 g/mol. The second kappa shape index (κ2) is 5.27. The van der Waals surface area contributed by atoms with Gasteiger partial charge in [-0.2, -0.15) is 0 Å². The van der Waals surface area contributed by atoms with Gasteiger partial charge in [0.1, 0.15) is 0 Å². The van der Waals surface area contributed by atoms with Crippen molar-refractivity contribution in [1.29, 1.82) is 0 Å². The number of hydrogen-bond acceptors (Lipinski definition) is 1. The lowest BCUT2D eigenvalue weighted by molar-refractivity contribution is 0.0696. The van der Waals surface area contributed by atoms with E-state index >= 15 is 0 Å². The normalized spacial score (nSPS) is 10.5. The number of carboxylic acid groups (broad SMARTS) is 1. The highest BCUT2D eigenvalue weighted by Crippen LogP contribution is 2.27. The van der Waals surface area contributed by atoms with Crippen molar-refractivity contribution in [3.8, 4) is 11.1 Å². The average molecular weight is 254 g/mol. The SMILES string of the molecule is CCc1ccc(-c2cc(C(=O)O)c(C)cc2C)cc1. The number of carboxylic acids is 1. The summed E-state index contributed by atoms with van der Waals surface area (Å²) in [6, 6.07) is 12.0. The molecule has 2 rings (SSSR count). The van der Waals surface area contributed by atoms with Gasteiger partial charge in [0.05, 0.1) is 5.56 Å². The van der Waals surface area contributed by atoms with E-state index in [1.807, 2.05) is 19.9 Å². The summed E-state index contributed by atoms with van der Waals surface area (Å²) in [6.45, 7) is 5.97. The number of carbonyl (C=O) groups is 1. The van der Waals surface area contributed by atoms with Crippen LogP contribution in [0.5, 0.6) is 0 Å². The molecule has 0 bridgehead atoms. The Morgan fingerprint density at radius 1 is 1.05 bits per heavy atom. The molecule has 2 nitrogen and oxygen atoms in total. The molecule has 19 heavy (non-hydrogen) atoms. The summed E-state index contributed by atoms with van der Waals surface area (Å²) in [7, 11) is 0. The van der Waals surface area contributed by atoms with E-state index in [0.717, 1.165) is 28.7 Å². The second-order valence-electron chi connectivity index (χ2n) is 4.84. The minimum Gasteiger partial charge on any atom is -0.478 e. The summed E-state index contributed by atoms with van der Waals surface area (Å²) in [5, 5.41) is 9.21. The van der Waals surface area contributed by atoms with E-state index in [1.54, 1.807) is 6.07 Å². The summed E-state index contributed by atoms with van der Waals surface area (Å²) < 4.78 is 0. The van der Waals surface area contributed by atoms with E-state index < -0.39 is 5.97 Å². The summed E-state index contributed by atoms with van der Waals surface area (Å²) in [5.41, 5.74) is 5.63. The highest BCUT2D eigenvalue weighted by atomic mass is 16.4. The Morgan fingerprint density at radius 3 is 2.21 bits per heavy atom. The Morgan fingerprint density at radius 2 is 1.68 bits per heavy atom. The molecule has 2 heteroatoms. The zero-order valence-electron chi connectivity index (χ0n) is 11.5. The van der Waals surface area contributed by atoms with Crippen LogP contribution in [0.4, 0.5) is 0 Å². The van der Waals surface area contributed by atoms with E-state index in [1.165, 1.54) is 5.56 Å². The van der Waals surface area contributed by atoms with E-state index in [2.05, 4.69) is 31.2 Å². The number of rotatable bonds is 3. The van der Waals surface area contributed by atoms with Gasteiger partial charge >= 0.3 is 5.97 Å². The van der Waals surface area contributed by atoms with E-state index in [4.69, 9.17) is 0 Å². The van der Waals surface area contributed by atoms with E-state index in [-0.39, 0.29) is 0 Å². The Hall–Kier alpha value is -2.09. The molecule has 2 aromatic rings. The molecule has 2 aromatic carbocycles. The van der Waals surface area contributed by atoms with Crippen molar-refractivity contribution < 1.29 is 9.90 Å². The van der Waals surface area contributed by atoms with Crippen LogP contribution in [-0.4, -0.2) is 11.1 Å². The smallest absolute Gasteiger partial charge is 0.335 e. The van der Waals surface area contributed by atoms with Crippen molar-refractivity contribution in [3.05, 3.63) is 58.7 Å². The standard InChI is InChI=1S/C17H18O2/c1-4-13-5-7-14(8-6-13)15-10-16(17(18)19)12(3)9-11(15)2/h5-10H,4H2,1-3H3,(H,18,19). The van der Waals surface area contributed by atoms with Crippen LogP contribution in [0.1, 0.15) is 34.0 Å². The van der Waals surface area contributed by atoms with Gasteiger partial charge in [-0.15, -0.1) is 0 Å². The molecule has 0 saturated heterocycles. The number of hydrogen-bond donors (Lipinski definition) is 1. The van der Waals surface area contributed by atoms with Gasteiger partial charge in [-0.1, -0.05) is 37.3 Å². The van der Waals surface area contributed by atoms with Crippen LogP contribution < -0.4 is 0 Å². The molecule has 0 spiro atoms. The molecule has 0 aliphatic rings. The number of aryl methyl sites for hydroxylation is 3. The largest absolute Gasteiger partial charge is 0.478 e. The molecule has 0 fully saturated rings. The highest BCUT2D eigenvalue weighted by molar-refractivity contribution is 5.91. The first-order chi connectivity index (χ1) is 9.02. The Bertz CT molecular complexity index is 610. The van der Waals surface area contributed by atoms with Crippen LogP contribution in [-0.2, 0) is 6.42 Å². The van der Waals surface area contributed by atoms with Gasteiger partial charge in [-0.3, -0.25) is 0 Å². The van der Waals surface area contributed by atoms with Gasteiger partial charge in [-0.05, 0) is 54.2 Å². The minimum absolute atomic E-state index is 0.375. The van der Waals surface area contributed by atoms with Crippen LogP contribution in [0.2, 0.25) is 0 Å². The van der Waals surface area contributed by atoms with Crippen LogP contribution in [0.15, 0.2) is 36.4 Å². The first kappa shape index (κ1) is 13.3. The highest BCUT2D eigenvalue weighted by Gasteiger charge is 2.11. The molecule has 98 valence electrons.